The monoisotopic (exact) mass is 293 g/mol. The molecule has 21 heavy (non-hydrogen) atoms. The second kappa shape index (κ2) is 8.67. The van der Waals surface area contributed by atoms with Gasteiger partial charge in [-0.05, 0) is 57.2 Å². The number of carbonyl (C=O) groups is 1. The van der Waals surface area contributed by atoms with Crippen LogP contribution in [-0.4, -0.2) is 24.7 Å². The molecule has 1 aromatic carbocycles. The second-order valence-electron chi connectivity index (χ2n) is 5.44. The zero-order chi connectivity index (χ0) is 15.7. The Bertz CT molecular complexity index is 443. The molecule has 0 amide bonds. The SMILES string of the molecule is CCOC(=O)C(C)(N)CCCCOc1cccc(CC)c1. The zero-order valence-electron chi connectivity index (χ0n) is 13.4. The van der Waals surface area contributed by atoms with E-state index in [1.807, 2.05) is 12.1 Å². The van der Waals surface area contributed by atoms with Crippen molar-refractivity contribution in [1.82, 2.24) is 0 Å². The smallest absolute Gasteiger partial charge is 0.325 e. The first-order chi connectivity index (χ1) is 9.99. The van der Waals surface area contributed by atoms with E-state index in [9.17, 15) is 4.79 Å². The number of carbonyl (C=O) groups excluding carboxylic acids is 1. The molecule has 0 aromatic heterocycles. The van der Waals surface area contributed by atoms with Crippen LogP contribution in [0.15, 0.2) is 24.3 Å². The number of hydrogen-bond donors (Lipinski definition) is 1. The van der Waals surface area contributed by atoms with E-state index in [4.69, 9.17) is 15.2 Å². The fourth-order valence-corrected chi connectivity index (χ4v) is 2.04. The van der Waals surface area contributed by atoms with Crippen molar-refractivity contribution in [1.29, 1.82) is 0 Å². The number of rotatable bonds is 9. The van der Waals surface area contributed by atoms with Crippen LogP contribution < -0.4 is 10.5 Å². The predicted octanol–water partition coefficient (Wildman–Crippen LogP) is 3.08. The lowest BCUT2D eigenvalue weighted by Crippen LogP contribution is -2.46. The maximum atomic E-state index is 11.6. The van der Waals surface area contributed by atoms with Gasteiger partial charge < -0.3 is 15.2 Å². The molecule has 0 aliphatic carbocycles. The quantitative estimate of drug-likeness (QED) is 0.561. The lowest BCUT2D eigenvalue weighted by atomic mass is 9.96. The van der Waals surface area contributed by atoms with E-state index in [0.29, 0.717) is 19.6 Å². The fourth-order valence-electron chi connectivity index (χ4n) is 2.04. The number of benzene rings is 1. The molecule has 0 fully saturated rings. The zero-order valence-corrected chi connectivity index (χ0v) is 13.4. The van der Waals surface area contributed by atoms with Gasteiger partial charge in [-0.25, -0.2) is 0 Å². The van der Waals surface area contributed by atoms with Crippen LogP contribution in [0.1, 0.15) is 45.6 Å². The number of esters is 1. The van der Waals surface area contributed by atoms with Crippen molar-refractivity contribution in [2.45, 2.75) is 52.0 Å². The highest BCUT2D eigenvalue weighted by Crippen LogP contribution is 2.16. The molecule has 0 spiro atoms. The normalized spacial score (nSPS) is 13.5. The summed E-state index contributed by atoms with van der Waals surface area (Å²) in [5.74, 6) is 0.566. The number of nitrogens with two attached hydrogens (primary N) is 1. The summed E-state index contributed by atoms with van der Waals surface area (Å²) in [5, 5.41) is 0. The Balaban J connectivity index is 2.26. The maximum absolute atomic E-state index is 11.6. The molecular formula is C17H27NO3. The largest absolute Gasteiger partial charge is 0.494 e. The predicted molar refractivity (Wildman–Crippen MR) is 84.4 cm³/mol. The van der Waals surface area contributed by atoms with Crippen LogP contribution in [0, 0.1) is 0 Å². The molecule has 0 aliphatic heterocycles. The van der Waals surface area contributed by atoms with Gasteiger partial charge in [0.2, 0.25) is 0 Å². The Morgan fingerprint density at radius 3 is 2.71 bits per heavy atom. The lowest BCUT2D eigenvalue weighted by molar-refractivity contribution is -0.149. The van der Waals surface area contributed by atoms with Crippen LogP contribution in [0.5, 0.6) is 5.75 Å². The van der Waals surface area contributed by atoms with Crippen molar-refractivity contribution in [2.24, 2.45) is 5.73 Å². The fraction of sp³-hybridized carbons (Fsp3) is 0.588. The van der Waals surface area contributed by atoms with Crippen molar-refractivity contribution in [3.8, 4) is 5.75 Å². The Kier molecular flexibility index (Phi) is 7.23. The molecule has 4 nitrogen and oxygen atoms in total. The Morgan fingerprint density at radius 2 is 2.05 bits per heavy atom. The third-order valence-electron chi connectivity index (χ3n) is 3.41. The summed E-state index contributed by atoms with van der Waals surface area (Å²) < 4.78 is 10.7. The summed E-state index contributed by atoms with van der Waals surface area (Å²) in [4.78, 5) is 11.6. The van der Waals surface area contributed by atoms with E-state index in [0.717, 1.165) is 25.0 Å². The number of aryl methyl sites for hydroxylation is 1. The third kappa shape index (κ3) is 6.17. The van der Waals surface area contributed by atoms with Crippen LogP contribution >= 0.6 is 0 Å². The summed E-state index contributed by atoms with van der Waals surface area (Å²) in [7, 11) is 0. The maximum Gasteiger partial charge on any atom is 0.325 e. The van der Waals surface area contributed by atoms with Gasteiger partial charge >= 0.3 is 5.97 Å². The molecule has 1 rings (SSSR count). The van der Waals surface area contributed by atoms with Crippen LogP contribution in [0.3, 0.4) is 0 Å². The van der Waals surface area contributed by atoms with Gasteiger partial charge in [0, 0.05) is 0 Å². The van der Waals surface area contributed by atoms with E-state index in [1.54, 1.807) is 13.8 Å². The third-order valence-corrected chi connectivity index (χ3v) is 3.41. The van der Waals surface area contributed by atoms with Gasteiger partial charge in [0.15, 0.2) is 0 Å². The molecule has 0 aliphatic rings. The van der Waals surface area contributed by atoms with Gasteiger partial charge in [-0.3, -0.25) is 4.79 Å². The van der Waals surface area contributed by atoms with E-state index in [-0.39, 0.29) is 5.97 Å². The molecule has 1 unspecified atom stereocenters. The number of unbranched alkanes of at least 4 members (excludes halogenated alkanes) is 1. The first kappa shape index (κ1) is 17.5. The average Bonchev–Trinajstić information content (AvgIpc) is 2.47. The van der Waals surface area contributed by atoms with Gasteiger partial charge in [-0.1, -0.05) is 19.1 Å². The first-order valence-electron chi connectivity index (χ1n) is 7.67. The molecule has 2 N–H and O–H groups in total. The van der Waals surface area contributed by atoms with E-state index in [2.05, 4.69) is 19.1 Å². The topological polar surface area (TPSA) is 61.5 Å². The van der Waals surface area contributed by atoms with Crippen molar-refractivity contribution < 1.29 is 14.3 Å². The minimum atomic E-state index is -0.905. The molecule has 1 atom stereocenters. The summed E-state index contributed by atoms with van der Waals surface area (Å²) in [5.41, 5.74) is 6.33. The Morgan fingerprint density at radius 1 is 1.29 bits per heavy atom. The lowest BCUT2D eigenvalue weighted by Gasteiger charge is -2.21. The van der Waals surface area contributed by atoms with Crippen molar-refractivity contribution in [3.63, 3.8) is 0 Å². The van der Waals surface area contributed by atoms with Crippen molar-refractivity contribution >= 4 is 5.97 Å². The van der Waals surface area contributed by atoms with Gasteiger partial charge in [0.25, 0.3) is 0 Å². The van der Waals surface area contributed by atoms with Gasteiger partial charge in [-0.2, -0.15) is 0 Å². The number of ether oxygens (including phenoxy) is 2. The van der Waals surface area contributed by atoms with Gasteiger partial charge in [0.1, 0.15) is 11.3 Å². The van der Waals surface area contributed by atoms with Gasteiger partial charge in [-0.15, -0.1) is 0 Å². The minimum absolute atomic E-state index is 0.332. The van der Waals surface area contributed by atoms with E-state index >= 15 is 0 Å². The molecule has 0 heterocycles. The standard InChI is InChI=1S/C17H27NO3/c1-4-14-9-8-10-15(13-14)21-12-7-6-11-17(3,18)16(19)20-5-2/h8-10,13H,4-7,11-12,18H2,1-3H3. The molecule has 0 saturated heterocycles. The van der Waals surface area contributed by atoms with Crippen LogP contribution in [0.2, 0.25) is 0 Å². The molecule has 0 saturated carbocycles. The van der Waals surface area contributed by atoms with Gasteiger partial charge in [0.05, 0.1) is 13.2 Å². The highest BCUT2D eigenvalue weighted by atomic mass is 16.5. The number of hydrogen-bond acceptors (Lipinski definition) is 4. The summed E-state index contributed by atoms with van der Waals surface area (Å²) >= 11 is 0. The van der Waals surface area contributed by atoms with E-state index in [1.165, 1.54) is 5.56 Å². The molecule has 118 valence electrons. The van der Waals surface area contributed by atoms with Crippen molar-refractivity contribution in [3.05, 3.63) is 29.8 Å². The summed E-state index contributed by atoms with van der Waals surface area (Å²) in [6, 6.07) is 8.12. The second-order valence-corrected chi connectivity index (χ2v) is 5.44. The molecule has 1 aromatic rings. The first-order valence-corrected chi connectivity index (χ1v) is 7.67. The Labute approximate surface area is 127 Å². The molecular weight excluding hydrogens is 266 g/mol. The van der Waals surface area contributed by atoms with Crippen LogP contribution in [0.4, 0.5) is 0 Å². The van der Waals surface area contributed by atoms with Crippen LogP contribution in [-0.2, 0) is 16.0 Å². The molecule has 0 radical (unpaired) electrons. The highest BCUT2D eigenvalue weighted by molar-refractivity contribution is 5.79. The highest BCUT2D eigenvalue weighted by Gasteiger charge is 2.28. The minimum Gasteiger partial charge on any atom is -0.494 e. The summed E-state index contributed by atoms with van der Waals surface area (Å²) in [6.07, 6.45) is 3.30. The average molecular weight is 293 g/mol. The van der Waals surface area contributed by atoms with Crippen molar-refractivity contribution in [2.75, 3.05) is 13.2 Å². The Hall–Kier alpha value is -1.55. The summed E-state index contributed by atoms with van der Waals surface area (Å²) in [6.45, 7) is 6.62. The van der Waals surface area contributed by atoms with E-state index < -0.39 is 5.54 Å². The van der Waals surface area contributed by atoms with Crippen LogP contribution in [0.25, 0.3) is 0 Å². The molecule has 0 bridgehead atoms. The molecule has 4 heteroatoms.